The van der Waals surface area contributed by atoms with Crippen molar-refractivity contribution >= 4 is 46.3 Å². The largest absolute Gasteiger partial charge is 0.507 e. The Morgan fingerprint density at radius 1 is 1.00 bits per heavy atom. The van der Waals surface area contributed by atoms with Crippen LogP contribution in [0.1, 0.15) is 28.3 Å². The molecule has 7 heteroatoms. The van der Waals surface area contributed by atoms with Crippen LogP contribution < -0.4 is 4.90 Å². The molecule has 2 heterocycles. The summed E-state index contributed by atoms with van der Waals surface area (Å²) < 4.78 is 0. The van der Waals surface area contributed by atoms with Gasteiger partial charge in [0.1, 0.15) is 5.76 Å². The number of benzene rings is 2. The Morgan fingerprint density at radius 3 is 2.42 bits per heavy atom. The molecule has 1 aliphatic rings. The van der Waals surface area contributed by atoms with E-state index in [9.17, 15) is 14.7 Å². The topological polar surface area (TPSA) is 70.5 Å². The van der Waals surface area contributed by atoms with E-state index in [4.69, 9.17) is 23.2 Å². The summed E-state index contributed by atoms with van der Waals surface area (Å²) in [5.74, 6) is -1.83. The van der Waals surface area contributed by atoms with Crippen molar-refractivity contribution in [1.82, 2.24) is 4.98 Å². The van der Waals surface area contributed by atoms with Gasteiger partial charge in [-0.15, -0.1) is 0 Å². The molecule has 0 aliphatic carbocycles. The van der Waals surface area contributed by atoms with E-state index in [1.165, 1.54) is 17.0 Å². The zero-order valence-corrected chi connectivity index (χ0v) is 18.3. The van der Waals surface area contributed by atoms with Gasteiger partial charge in [0.25, 0.3) is 11.7 Å². The van der Waals surface area contributed by atoms with E-state index in [1.807, 2.05) is 26.0 Å². The summed E-state index contributed by atoms with van der Waals surface area (Å²) >= 11 is 12.1. The lowest BCUT2D eigenvalue weighted by Crippen LogP contribution is -2.29. The second-order valence-electron chi connectivity index (χ2n) is 7.35. The van der Waals surface area contributed by atoms with Gasteiger partial charge >= 0.3 is 0 Å². The molecular weight excluding hydrogens is 435 g/mol. The number of pyridine rings is 1. The summed E-state index contributed by atoms with van der Waals surface area (Å²) in [6.45, 7) is 3.90. The van der Waals surface area contributed by atoms with Crippen LogP contribution in [0, 0.1) is 13.8 Å². The van der Waals surface area contributed by atoms with Crippen LogP contribution in [0.15, 0.2) is 66.5 Å². The Kier molecular flexibility index (Phi) is 5.56. The average Bonchev–Trinajstić information content (AvgIpc) is 3.03. The van der Waals surface area contributed by atoms with Crippen LogP contribution in [0.25, 0.3) is 5.76 Å². The highest BCUT2D eigenvalue weighted by atomic mass is 35.5. The quantitative estimate of drug-likeness (QED) is 0.317. The fourth-order valence-corrected chi connectivity index (χ4v) is 3.92. The molecule has 1 amide bonds. The monoisotopic (exact) mass is 452 g/mol. The molecule has 5 nitrogen and oxygen atoms in total. The van der Waals surface area contributed by atoms with Gasteiger partial charge in [-0.05, 0) is 66.9 Å². The first-order chi connectivity index (χ1) is 14.8. The second kappa shape index (κ2) is 8.17. The molecule has 0 spiro atoms. The van der Waals surface area contributed by atoms with Crippen molar-refractivity contribution in [2.45, 2.75) is 19.9 Å². The van der Waals surface area contributed by atoms with Crippen LogP contribution in [0.2, 0.25) is 10.0 Å². The number of ketones is 1. The minimum atomic E-state index is -0.842. The Bertz CT molecular complexity index is 1240. The molecule has 3 aromatic rings. The van der Waals surface area contributed by atoms with Gasteiger partial charge in [-0.25, -0.2) is 0 Å². The fourth-order valence-electron chi connectivity index (χ4n) is 3.63. The normalized spacial score (nSPS) is 17.9. The SMILES string of the molecule is Cc1ccc(N2C(=O)C(=O)/C(=C(/O)c3ccc(Cl)c(Cl)c3)C2c2cccnc2)cc1C. The number of nitrogens with zero attached hydrogens (tertiary/aromatic N) is 2. The van der Waals surface area contributed by atoms with E-state index in [2.05, 4.69) is 4.98 Å². The minimum absolute atomic E-state index is 0.0328. The van der Waals surface area contributed by atoms with E-state index in [-0.39, 0.29) is 16.4 Å². The number of hydrogen-bond donors (Lipinski definition) is 1. The first-order valence-corrected chi connectivity index (χ1v) is 10.3. The molecular formula is C24H18Cl2N2O3. The maximum Gasteiger partial charge on any atom is 0.300 e. The van der Waals surface area contributed by atoms with Crippen LogP contribution in [0.3, 0.4) is 0 Å². The number of aliphatic hydroxyl groups is 1. The van der Waals surface area contributed by atoms with Gasteiger partial charge in [0, 0.05) is 23.6 Å². The number of aromatic nitrogens is 1. The van der Waals surface area contributed by atoms with Crippen LogP contribution in [-0.4, -0.2) is 21.8 Å². The number of hydrogen-bond acceptors (Lipinski definition) is 4. The van der Waals surface area contributed by atoms with Crippen molar-refractivity contribution in [2.75, 3.05) is 4.90 Å². The van der Waals surface area contributed by atoms with Crippen LogP contribution >= 0.6 is 23.2 Å². The van der Waals surface area contributed by atoms with Crippen LogP contribution in [0.5, 0.6) is 0 Å². The summed E-state index contributed by atoms with van der Waals surface area (Å²) in [6.07, 6.45) is 3.18. The highest BCUT2D eigenvalue weighted by molar-refractivity contribution is 6.51. The summed E-state index contributed by atoms with van der Waals surface area (Å²) in [6, 6.07) is 12.7. The van der Waals surface area contributed by atoms with Crippen molar-refractivity contribution in [3.05, 3.63) is 98.8 Å². The van der Waals surface area contributed by atoms with Gasteiger partial charge in [-0.2, -0.15) is 0 Å². The number of amides is 1. The molecule has 2 aromatic carbocycles. The number of aliphatic hydroxyl groups excluding tert-OH is 1. The first kappa shape index (κ1) is 21.1. The summed E-state index contributed by atoms with van der Waals surface area (Å²) in [5, 5.41) is 11.6. The number of rotatable bonds is 3. The maximum absolute atomic E-state index is 13.1. The molecule has 156 valence electrons. The number of carbonyl (C=O) groups excluding carboxylic acids is 2. The summed E-state index contributed by atoms with van der Waals surface area (Å²) in [5.41, 5.74) is 3.47. The maximum atomic E-state index is 13.1. The smallest absolute Gasteiger partial charge is 0.300 e. The second-order valence-corrected chi connectivity index (χ2v) is 8.17. The number of Topliss-reactive ketones (excluding diaryl/α,β-unsaturated/α-hetero) is 1. The molecule has 1 N–H and O–H groups in total. The number of halogens is 2. The lowest BCUT2D eigenvalue weighted by atomic mass is 9.96. The lowest BCUT2D eigenvalue weighted by molar-refractivity contribution is -0.132. The van der Waals surface area contributed by atoms with Crippen LogP contribution in [-0.2, 0) is 9.59 Å². The van der Waals surface area contributed by atoms with Crippen molar-refractivity contribution in [3.8, 4) is 0 Å². The Hall–Kier alpha value is -3.15. The van der Waals surface area contributed by atoms with E-state index in [0.29, 0.717) is 21.8 Å². The van der Waals surface area contributed by atoms with Gasteiger partial charge < -0.3 is 5.11 Å². The molecule has 1 aliphatic heterocycles. The lowest BCUT2D eigenvalue weighted by Gasteiger charge is -2.25. The zero-order chi connectivity index (χ0) is 22.3. The molecule has 0 bridgehead atoms. The third kappa shape index (κ3) is 3.71. The molecule has 31 heavy (non-hydrogen) atoms. The third-order valence-electron chi connectivity index (χ3n) is 5.41. The standard InChI is InChI=1S/C24H18Cl2N2O3/c1-13-5-7-17(10-14(13)2)28-21(16-4-3-9-27-12-16)20(23(30)24(28)31)22(29)15-6-8-18(25)19(26)11-15/h3-12,21,29H,1-2H3/b22-20+. The Morgan fingerprint density at radius 2 is 1.77 bits per heavy atom. The molecule has 1 aromatic heterocycles. The predicted molar refractivity (Wildman–Crippen MR) is 121 cm³/mol. The molecule has 0 saturated carbocycles. The Labute approximate surface area is 189 Å². The first-order valence-electron chi connectivity index (χ1n) is 9.53. The number of anilines is 1. The average molecular weight is 453 g/mol. The van der Waals surface area contributed by atoms with E-state index >= 15 is 0 Å². The minimum Gasteiger partial charge on any atom is -0.507 e. The van der Waals surface area contributed by atoms with Crippen molar-refractivity contribution in [1.29, 1.82) is 0 Å². The van der Waals surface area contributed by atoms with Gasteiger partial charge in [0.05, 0.1) is 21.7 Å². The third-order valence-corrected chi connectivity index (χ3v) is 6.15. The molecule has 4 rings (SSSR count). The van der Waals surface area contributed by atoms with E-state index in [0.717, 1.165) is 11.1 Å². The number of carbonyl (C=O) groups is 2. The Balaban J connectivity index is 1.95. The molecule has 1 unspecified atom stereocenters. The predicted octanol–water partition coefficient (Wildman–Crippen LogP) is 5.63. The van der Waals surface area contributed by atoms with Crippen LogP contribution in [0.4, 0.5) is 5.69 Å². The molecule has 0 radical (unpaired) electrons. The zero-order valence-electron chi connectivity index (χ0n) is 16.8. The van der Waals surface area contributed by atoms with Crippen molar-refractivity contribution < 1.29 is 14.7 Å². The fraction of sp³-hybridized carbons (Fsp3) is 0.125. The van der Waals surface area contributed by atoms with Gasteiger partial charge in [0.2, 0.25) is 0 Å². The highest BCUT2D eigenvalue weighted by Crippen LogP contribution is 2.42. The molecule has 1 fully saturated rings. The summed E-state index contributed by atoms with van der Waals surface area (Å²) in [7, 11) is 0. The van der Waals surface area contributed by atoms with Gasteiger partial charge in [0.15, 0.2) is 0 Å². The van der Waals surface area contributed by atoms with Crippen molar-refractivity contribution in [3.63, 3.8) is 0 Å². The van der Waals surface area contributed by atoms with E-state index in [1.54, 1.807) is 36.7 Å². The number of aryl methyl sites for hydroxylation is 2. The molecule has 1 atom stereocenters. The highest BCUT2D eigenvalue weighted by Gasteiger charge is 2.47. The molecule has 1 saturated heterocycles. The summed E-state index contributed by atoms with van der Waals surface area (Å²) in [4.78, 5) is 31.8. The van der Waals surface area contributed by atoms with E-state index < -0.39 is 17.7 Å². The van der Waals surface area contributed by atoms with Gasteiger partial charge in [-0.3, -0.25) is 19.5 Å². The van der Waals surface area contributed by atoms with Crippen molar-refractivity contribution in [2.24, 2.45) is 0 Å². The van der Waals surface area contributed by atoms with Gasteiger partial charge in [-0.1, -0.05) is 35.3 Å².